The van der Waals surface area contributed by atoms with Crippen LogP contribution in [-0.2, 0) is 17.5 Å². The summed E-state index contributed by atoms with van der Waals surface area (Å²) < 4.78 is 46.3. The van der Waals surface area contributed by atoms with Gasteiger partial charge in [-0.15, -0.1) is 0 Å². The van der Waals surface area contributed by atoms with Gasteiger partial charge in [-0.25, -0.2) is 9.67 Å². The second kappa shape index (κ2) is 6.90. The van der Waals surface area contributed by atoms with Crippen LogP contribution in [0.5, 0.6) is 5.75 Å². The van der Waals surface area contributed by atoms with Crippen LogP contribution in [0.2, 0.25) is 0 Å². The zero-order chi connectivity index (χ0) is 19.8. The minimum atomic E-state index is -4.53. The standard InChI is InChI=1S/C18H17F3N4O2/c1-10-7-14(18(19,20)21)16-11(2)24-25(17(16)22-10)9-15(26)23-12-5-4-6-13(8-12)27-3/h4-8H,9H2,1-3H3,(H,23,26). The van der Waals surface area contributed by atoms with Crippen molar-refractivity contribution in [1.29, 1.82) is 0 Å². The molecule has 0 unspecified atom stereocenters. The number of hydrogen-bond donors (Lipinski definition) is 1. The van der Waals surface area contributed by atoms with Crippen molar-refractivity contribution in [2.24, 2.45) is 0 Å². The molecule has 1 N–H and O–H groups in total. The van der Waals surface area contributed by atoms with E-state index in [1.54, 1.807) is 24.3 Å². The Morgan fingerprint density at radius 1 is 1.26 bits per heavy atom. The van der Waals surface area contributed by atoms with Crippen LogP contribution in [0.3, 0.4) is 0 Å². The van der Waals surface area contributed by atoms with Crippen LogP contribution in [0, 0.1) is 13.8 Å². The topological polar surface area (TPSA) is 69.0 Å². The highest BCUT2D eigenvalue weighted by Crippen LogP contribution is 2.36. The normalized spacial score (nSPS) is 11.6. The Labute approximate surface area is 153 Å². The van der Waals surface area contributed by atoms with Gasteiger partial charge in [-0.05, 0) is 32.0 Å². The highest BCUT2D eigenvalue weighted by atomic mass is 19.4. The fourth-order valence-electron chi connectivity index (χ4n) is 2.85. The van der Waals surface area contributed by atoms with Crippen molar-refractivity contribution in [2.75, 3.05) is 12.4 Å². The average molecular weight is 378 g/mol. The quantitative estimate of drug-likeness (QED) is 0.751. The molecule has 0 saturated heterocycles. The second-order valence-corrected chi connectivity index (χ2v) is 6.03. The third-order valence-corrected chi connectivity index (χ3v) is 3.96. The van der Waals surface area contributed by atoms with E-state index >= 15 is 0 Å². The summed E-state index contributed by atoms with van der Waals surface area (Å²) in [7, 11) is 1.51. The van der Waals surface area contributed by atoms with Gasteiger partial charge in [0.05, 0.1) is 23.8 Å². The van der Waals surface area contributed by atoms with Gasteiger partial charge in [-0.1, -0.05) is 6.07 Å². The Bertz CT molecular complexity index is 1010. The van der Waals surface area contributed by atoms with Gasteiger partial charge in [0.2, 0.25) is 5.91 Å². The van der Waals surface area contributed by atoms with E-state index in [2.05, 4.69) is 15.4 Å². The number of hydrogen-bond acceptors (Lipinski definition) is 4. The molecule has 1 aromatic carbocycles. The third-order valence-electron chi connectivity index (χ3n) is 3.96. The SMILES string of the molecule is COc1cccc(NC(=O)Cn2nc(C)c3c(C(F)(F)F)cc(C)nc32)c1. The van der Waals surface area contributed by atoms with Crippen LogP contribution in [0.1, 0.15) is 17.0 Å². The number of pyridine rings is 1. The number of alkyl halides is 3. The van der Waals surface area contributed by atoms with Crippen molar-refractivity contribution in [3.05, 3.63) is 47.3 Å². The smallest absolute Gasteiger partial charge is 0.417 e. The molecule has 0 fully saturated rings. The first-order valence-electron chi connectivity index (χ1n) is 8.05. The van der Waals surface area contributed by atoms with Crippen LogP contribution < -0.4 is 10.1 Å². The summed E-state index contributed by atoms with van der Waals surface area (Å²) in [5.74, 6) is 0.129. The highest BCUT2D eigenvalue weighted by molar-refractivity contribution is 5.92. The summed E-state index contributed by atoms with van der Waals surface area (Å²) in [6.07, 6.45) is -4.53. The average Bonchev–Trinajstić information content (AvgIpc) is 2.88. The fraction of sp³-hybridized carbons (Fsp3) is 0.278. The van der Waals surface area contributed by atoms with Gasteiger partial charge < -0.3 is 10.1 Å². The van der Waals surface area contributed by atoms with E-state index in [1.165, 1.54) is 25.6 Å². The van der Waals surface area contributed by atoms with Gasteiger partial charge in [-0.3, -0.25) is 4.79 Å². The molecule has 2 heterocycles. The summed E-state index contributed by atoms with van der Waals surface area (Å²) >= 11 is 0. The number of aromatic nitrogens is 3. The zero-order valence-electron chi connectivity index (χ0n) is 14.9. The number of nitrogens with zero attached hydrogens (tertiary/aromatic N) is 3. The molecule has 142 valence electrons. The number of aryl methyl sites for hydroxylation is 2. The van der Waals surface area contributed by atoms with Crippen LogP contribution in [-0.4, -0.2) is 27.8 Å². The second-order valence-electron chi connectivity index (χ2n) is 6.03. The van der Waals surface area contributed by atoms with E-state index in [0.717, 1.165) is 6.07 Å². The fourth-order valence-corrected chi connectivity index (χ4v) is 2.85. The van der Waals surface area contributed by atoms with Crippen molar-refractivity contribution in [2.45, 2.75) is 26.6 Å². The summed E-state index contributed by atoms with van der Waals surface area (Å²) in [5, 5.41) is 6.66. The van der Waals surface area contributed by atoms with Gasteiger partial charge >= 0.3 is 6.18 Å². The minimum Gasteiger partial charge on any atom is -0.497 e. The number of methoxy groups -OCH3 is 1. The Hall–Kier alpha value is -3.10. The molecule has 0 aliphatic carbocycles. The number of benzene rings is 1. The molecular weight excluding hydrogens is 361 g/mol. The number of amides is 1. The van der Waals surface area contributed by atoms with Gasteiger partial charge in [0.1, 0.15) is 12.3 Å². The van der Waals surface area contributed by atoms with E-state index in [0.29, 0.717) is 11.4 Å². The number of ether oxygens (including phenoxy) is 1. The predicted octanol–water partition coefficient (Wildman–Crippen LogP) is 3.71. The van der Waals surface area contributed by atoms with E-state index in [9.17, 15) is 18.0 Å². The van der Waals surface area contributed by atoms with E-state index in [-0.39, 0.29) is 29.0 Å². The van der Waals surface area contributed by atoms with E-state index in [4.69, 9.17) is 4.74 Å². The van der Waals surface area contributed by atoms with Crippen LogP contribution in [0.4, 0.5) is 18.9 Å². The molecule has 27 heavy (non-hydrogen) atoms. The molecule has 3 rings (SSSR count). The first-order valence-corrected chi connectivity index (χ1v) is 8.05. The Morgan fingerprint density at radius 3 is 2.67 bits per heavy atom. The lowest BCUT2D eigenvalue weighted by Crippen LogP contribution is -2.20. The molecule has 0 saturated carbocycles. The predicted molar refractivity (Wildman–Crippen MR) is 93.6 cm³/mol. The number of fused-ring (bicyclic) bond motifs is 1. The van der Waals surface area contributed by atoms with E-state index in [1.807, 2.05) is 0 Å². The van der Waals surface area contributed by atoms with Crippen molar-refractivity contribution in [3.8, 4) is 5.75 Å². The van der Waals surface area contributed by atoms with Crippen molar-refractivity contribution >= 4 is 22.6 Å². The maximum Gasteiger partial charge on any atom is 0.417 e. The zero-order valence-corrected chi connectivity index (χ0v) is 14.9. The van der Waals surface area contributed by atoms with Crippen molar-refractivity contribution in [1.82, 2.24) is 14.8 Å². The van der Waals surface area contributed by atoms with Crippen LogP contribution >= 0.6 is 0 Å². The molecule has 0 bridgehead atoms. The maximum atomic E-state index is 13.4. The first-order chi connectivity index (χ1) is 12.7. The number of carbonyl (C=O) groups is 1. The highest BCUT2D eigenvalue weighted by Gasteiger charge is 2.35. The summed E-state index contributed by atoms with van der Waals surface area (Å²) in [4.78, 5) is 16.5. The van der Waals surface area contributed by atoms with Crippen LogP contribution in [0.15, 0.2) is 30.3 Å². The number of halogens is 3. The van der Waals surface area contributed by atoms with Gasteiger partial charge in [0.25, 0.3) is 0 Å². The minimum absolute atomic E-state index is 0.0283. The summed E-state index contributed by atoms with van der Waals surface area (Å²) in [5.41, 5.74) is 0.0957. The molecular formula is C18H17F3N4O2. The molecule has 0 atom stereocenters. The molecule has 2 aromatic heterocycles. The van der Waals surface area contributed by atoms with Gasteiger partial charge in [0, 0.05) is 17.4 Å². The van der Waals surface area contributed by atoms with Crippen LogP contribution in [0.25, 0.3) is 11.0 Å². The van der Waals surface area contributed by atoms with Gasteiger partial charge in [-0.2, -0.15) is 18.3 Å². The summed E-state index contributed by atoms with van der Waals surface area (Å²) in [6.45, 7) is 2.66. The molecule has 0 aliphatic rings. The molecule has 9 heteroatoms. The lowest BCUT2D eigenvalue weighted by Gasteiger charge is -2.10. The lowest BCUT2D eigenvalue weighted by atomic mass is 10.1. The number of nitrogens with one attached hydrogen (secondary N) is 1. The molecule has 3 aromatic rings. The lowest BCUT2D eigenvalue weighted by molar-refractivity contribution is -0.136. The molecule has 6 nitrogen and oxygen atoms in total. The Morgan fingerprint density at radius 2 is 2.00 bits per heavy atom. The summed E-state index contributed by atoms with van der Waals surface area (Å²) in [6, 6.07) is 7.73. The number of carbonyl (C=O) groups excluding carboxylic acids is 1. The van der Waals surface area contributed by atoms with Gasteiger partial charge in [0.15, 0.2) is 5.65 Å². The monoisotopic (exact) mass is 378 g/mol. The first kappa shape index (κ1) is 18.7. The van der Waals surface area contributed by atoms with Crippen molar-refractivity contribution in [3.63, 3.8) is 0 Å². The van der Waals surface area contributed by atoms with Crippen molar-refractivity contribution < 1.29 is 22.7 Å². The molecule has 0 radical (unpaired) electrons. The Kier molecular flexibility index (Phi) is 4.77. The Balaban J connectivity index is 1.93. The molecule has 0 aliphatic heterocycles. The third kappa shape index (κ3) is 3.86. The number of anilines is 1. The molecule has 1 amide bonds. The van der Waals surface area contributed by atoms with E-state index < -0.39 is 17.6 Å². The largest absolute Gasteiger partial charge is 0.497 e. The maximum absolute atomic E-state index is 13.4. The molecule has 0 spiro atoms. The number of rotatable bonds is 4.